The molecule has 0 amide bonds. The molecule has 0 saturated heterocycles. The van der Waals surface area contributed by atoms with Gasteiger partial charge in [0.1, 0.15) is 11.6 Å². The van der Waals surface area contributed by atoms with E-state index in [4.69, 9.17) is 5.11 Å². The number of ether oxygens (including phenoxy) is 1. The first kappa shape index (κ1) is 16.5. The number of pyridine rings is 1. The van der Waals surface area contributed by atoms with Crippen molar-refractivity contribution in [1.29, 1.82) is 0 Å². The average Bonchev–Trinajstić information content (AvgIpc) is 2.52. The zero-order valence-electron chi connectivity index (χ0n) is 12.1. The fraction of sp³-hybridized carbons (Fsp3) is 0. The van der Waals surface area contributed by atoms with E-state index in [9.17, 15) is 27.2 Å². The minimum atomic E-state index is -1.83. The van der Waals surface area contributed by atoms with E-state index >= 15 is 0 Å². The predicted molar refractivity (Wildman–Crippen MR) is 78.0 cm³/mol. The molecule has 0 aliphatic heterocycles. The Kier molecular flexibility index (Phi) is 3.91. The van der Waals surface area contributed by atoms with E-state index in [-0.39, 0.29) is 11.2 Å². The van der Waals surface area contributed by atoms with Crippen LogP contribution in [0.15, 0.2) is 41.3 Å². The number of hydrogen-bond acceptors (Lipinski definition) is 3. The van der Waals surface area contributed by atoms with Crippen LogP contribution in [-0.2, 0) is 0 Å². The van der Waals surface area contributed by atoms with Gasteiger partial charge < -0.3 is 14.4 Å². The van der Waals surface area contributed by atoms with E-state index in [1.54, 1.807) is 0 Å². The molecule has 3 aromatic rings. The quantitative estimate of drug-likeness (QED) is 0.565. The topological polar surface area (TPSA) is 68.5 Å². The van der Waals surface area contributed by atoms with Crippen LogP contribution >= 0.6 is 0 Å². The monoisotopic (exact) mass is 353 g/mol. The standard InChI is InChI=1S/C16H7F4NO4/c17-7-1-2-12(11(20)3-7)21-6-14(25-16(23)24)15(22)8-4-9(18)10(19)5-13(8)21/h1-6H,(H,23,24). The van der Waals surface area contributed by atoms with Crippen molar-refractivity contribution >= 4 is 17.1 Å². The van der Waals surface area contributed by atoms with Crippen molar-refractivity contribution < 1.29 is 32.2 Å². The fourth-order valence-corrected chi connectivity index (χ4v) is 2.34. The molecule has 0 fully saturated rings. The van der Waals surface area contributed by atoms with Gasteiger partial charge in [-0.3, -0.25) is 4.79 Å². The molecule has 0 saturated carbocycles. The number of hydrogen-bond donors (Lipinski definition) is 1. The molecule has 2 aromatic carbocycles. The van der Waals surface area contributed by atoms with E-state index in [0.717, 1.165) is 22.9 Å². The lowest BCUT2D eigenvalue weighted by Gasteiger charge is -2.14. The highest BCUT2D eigenvalue weighted by atomic mass is 19.2. The second kappa shape index (κ2) is 5.93. The van der Waals surface area contributed by atoms with Gasteiger partial charge in [0.2, 0.25) is 5.43 Å². The molecule has 3 rings (SSSR count). The van der Waals surface area contributed by atoms with E-state index in [0.29, 0.717) is 18.2 Å². The van der Waals surface area contributed by atoms with Crippen LogP contribution in [-0.4, -0.2) is 15.8 Å². The van der Waals surface area contributed by atoms with Crippen LogP contribution in [0.3, 0.4) is 0 Å². The van der Waals surface area contributed by atoms with Gasteiger partial charge in [-0.1, -0.05) is 0 Å². The Balaban J connectivity index is 2.43. The molecular weight excluding hydrogens is 346 g/mol. The first-order valence-electron chi connectivity index (χ1n) is 6.68. The maximum atomic E-state index is 14.1. The number of benzene rings is 2. The minimum Gasteiger partial charge on any atom is -0.449 e. The van der Waals surface area contributed by atoms with Gasteiger partial charge in [0, 0.05) is 12.1 Å². The third kappa shape index (κ3) is 2.91. The normalized spacial score (nSPS) is 10.9. The van der Waals surface area contributed by atoms with Gasteiger partial charge in [0.25, 0.3) is 0 Å². The molecule has 1 aromatic heterocycles. The Bertz CT molecular complexity index is 1080. The average molecular weight is 353 g/mol. The molecular formula is C16H7F4NO4. The summed E-state index contributed by atoms with van der Waals surface area (Å²) >= 11 is 0. The molecule has 128 valence electrons. The fourth-order valence-electron chi connectivity index (χ4n) is 2.34. The third-order valence-corrected chi connectivity index (χ3v) is 3.38. The van der Waals surface area contributed by atoms with Crippen LogP contribution in [0.2, 0.25) is 0 Å². The highest BCUT2D eigenvalue weighted by molar-refractivity contribution is 5.82. The second-order valence-corrected chi connectivity index (χ2v) is 4.94. The summed E-state index contributed by atoms with van der Waals surface area (Å²) in [6, 6.07) is 3.61. The first-order chi connectivity index (χ1) is 11.8. The zero-order chi connectivity index (χ0) is 18.3. The summed E-state index contributed by atoms with van der Waals surface area (Å²) < 4.78 is 59.4. The van der Waals surface area contributed by atoms with Gasteiger partial charge in [-0.2, -0.15) is 0 Å². The smallest absolute Gasteiger partial charge is 0.449 e. The van der Waals surface area contributed by atoms with Gasteiger partial charge in [-0.25, -0.2) is 22.4 Å². The van der Waals surface area contributed by atoms with E-state index < -0.39 is 46.0 Å². The molecule has 0 unspecified atom stereocenters. The lowest BCUT2D eigenvalue weighted by atomic mass is 10.1. The van der Waals surface area contributed by atoms with Crippen molar-refractivity contribution in [3.05, 3.63) is 70.0 Å². The number of fused-ring (bicyclic) bond motifs is 1. The summed E-state index contributed by atoms with van der Waals surface area (Å²) in [5.74, 6) is -5.38. The molecule has 0 radical (unpaired) electrons. The molecule has 25 heavy (non-hydrogen) atoms. The maximum absolute atomic E-state index is 14.1. The molecule has 0 spiro atoms. The highest BCUT2D eigenvalue weighted by Crippen LogP contribution is 2.25. The largest absolute Gasteiger partial charge is 0.511 e. The summed E-state index contributed by atoms with van der Waals surface area (Å²) in [4.78, 5) is 22.9. The first-order valence-corrected chi connectivity index (χ1v) is 6.68. The summed E-state index contributed by atoms with van der Waals surface area (Å²) in [7, 11) is 0. The number of carbonyl (C=O) groups is 1. The van der Waals surface area contributed by atoms with Crippen molar-refractivity contribution in [3.8, 4) is 11.4 Å². The van der Waals surface area contributed by atoms with Crippen molar-refractivity contribution in [2.24, 2.45) is 0 Å². The number of halogens is 4. The predicted octanol–water partition coefficient (Wildman–Crippen LogP) is 3.60. The van der Waals surface area contributed by atoms with Crippen molar-refractivity contribution in [2.45, 2.75) is 0 Å². The molecule has 0 aliphatic rings. The Hall–Kier alpha value is -3.36. The third-order valence-electron chi connectivity index (χ3n) is 3.38. The van der Waals surface area contributed by atoms with Crippen molar-refractivity contribution in [2.75, 3.05) is 0 Å². The Morgan fingerprint density at radius 3 is 2.32 bits per heavy atom. The van der Waals surface area contributed by atoms with Crippen LogP contribution in [0.1, 0.15) is 0 Å². The second-order valence-electron chi connectivity index (χ2n) is 4.94. The lowest BCUT2D eigenvalue weighted by molar-refractivity contribution is 0.144. The van der Waals surface area contributed by atoms with Gasteiger partial charge in [0.05, 0.1) is 22.8 Å². The van der Waals surface area contributed by atoms with Crippen LogP contribution in [0.25, 0.3) is 16.6 Å². The van der Waals surface area contributed by atoms with Crippen molar-refractivity contribution in [3.63, 3.8) is 0 Å². The Morgan fingerprint density at radius 2 is 1.68 bits per heavy atom. The highest BCUT2D eigenvalue weighted by Gasteiger charge is 2.18. The zero-order valence-corrected chi connectivity index (χ0v) is 12.1. The van der Waals surface area contributed by atoms with Crippen LogP contribution in [0.4, 0.5) is 22.4 Å². The summed E-state index contributed by atoms with van der Waals surface area (Å²) in [6.45, 7) is 0. The number of carboxylic acid groups (broad SMARTS) is 1. The lowest BCUT2D eigenvalue weighted by Crippen LogP contribution is -2.16. The van der Waals surface area contributed by atoms with Crippen LogP contribution < -0.4 is 10.2 Å². The summed E-state index contributed by atoms with van der Waals surface area (Å²) in [6.07, 6.45) is -1.03. The number of rotatable bonds is 2. The molecule has 1 heterocycles. The number of aromatic nitrogens is 1. The Labute approximate surface area is 136 Å². The molecule has 0 bridgehead atoms. The number of nitrogens with zero attached hydrogens (tertiary/aromatic N) is 1. The van der Waals surface area contributed by atoms with Crippen molar-refractivity contribution in [1.82, 2.24) is 4.57 Å². The van der Waals surface area contributed by atoms with E-state index in [1.807, 2.05) is 0 Å². The molecule has 5 nitrogen and oxygen atoms in total. The molecule has 1 N–H and O–H groups in total. The minimum absolute atomic E-state index is 0.257. The molecule has 0 aliphatic carbocycles. The maximum Gasteiger partial charge on any atom is 0.511 e. The van der Waals surface area contributed by atoms with Gasteiger partial charge in [-0.05, 0) is 18.2 Å². The Morgan fingerprint density at radius 1 is 1.00 bits per heavy atom. The molecule has 9 heteroatoms. The summed E-state index contributed by atoms with van der Waals surface area (Å²) in [5.41, 5.74) is -1.62. The van der Waals surface area contributed by atoms with E-state index in [2.05, 4.69) is 4.74 Å². The van der Waals surface area contributed by atoms with Gasteiger partial charge >= 0.3 is 6.16 Å². The SMILES string of the molecule is O=C(O)Oc1cn(-c2ccc(F)cc2F)c2cc(F)c(F)cc2c1=O. The van der Waals surface area contributed by atoms with Gasteiger partial charge in [0.15, 0.2) is 17.4 Å². The molecule has 0 atom stereocenters. The van der Waals surface area contributed by atoms with E-state index in [1.165, 1.54) is 0 Å². The van der Waals surface area contributed by atoms with Gasteiger partial charge in [-0.15, -0.1) is 0 Å². The van der Waals surface area contributed by atoms with Crippen LogP contribution in [0.5, 0.6) is 5.75 Å². The summed E-state index contributed by atoms with van der Waals surface area (Å²) in [5, 5.41) is 8.24. The van der Waals surface area contributed by atoms with Crippen LogP contribution in [0, 0.1) is 23.3 Å².